The van der Waals surface area contributed by atoms with Gasteiger partial charge in [0.1, 0.15) is 6.10 Å². The van der Waals surface area contributed by atoms with Crippen LogP contribution in [0.15, 0.2) is 5.16 Å². The second kappa shape index (κ2) is 6.85. The van der Waals surface area contributed by atoms with Crippen molar-refractivity contribution < 1.29 is 27.6 Å². The normalized spacial score (nSPS) is 22.0. The van der Waals surface area contributed by atoms with Crippen LogP contribution in [0.4, 0.5) is 0 Å². The molecule has 0 N–H and O–H groups in total. The number of halogens is 1. The summed E-state index contributed by atoms with van der Waals surface area (Å²) in [5.74, 6) is -2.29. The molecule has 1 heterocycles. The number of oxime groups is 1. The van der Waals surface area contributed by atoms with E-state index < -0.39 is 39.3 Å². The monoisotopic (exact) mass is 311 g/mol. The average molecular weight is 312 g/mol. The van der Waals surface area contributed by atoms with E-state index in [1.165, 1.54) is 0 Å². The standard InChI is InChI=1S/C10H14ClNO6S/c1-2-17-10(14)9(8(13)5-11)12-18-7-3-4-19(15,16)6-7/h7H,2-6H2,1H3/b12-9-. The molecule has 1 aliphatic rings. The molecule has 1 aliphatic heterocycles. The minimum atomic E-state index is -3.12. The van der Waals surface area contributed by atoms with E-state index in [0.717, 1.165) is 0 Å². The van der Waals surface area contributed by atoms with Crippen LogP contribution in [-0.4, -0.2) is 56.0 Å². The Hall–Kier alpha value is -1.15. The zero-order valence-electron chi connectivity index (χ0n) is 10.3. The van der Waals surface area contributed by atoms with E-state index in [2.05, 4.69) is 9.89 Å². The summed E-state index contributed by atoms with van der Waals surface area (Å²) in [5.41, 5.74) is -0.554. The first kappa shape index (κ1) is 15.9. The van der Waals surface area contributed by atoms with Crippen LogP contribution in [0, 0.1) is 0 Å². The summed E-state index contributed by atoms with van der Waals surface area (Å²) in [5, 5.41) is 3.40. The predicted octanol–water partition coefficient (Wildman–Crippen LogP) is -0.0829. The zero-order chi connectivity index (χ0) is 14.5. The molecule has 0 aromatic heterocycles. The van der Waals surface area contributed by atoms with Gasteiger partial charge in [0.05, 0.1) is 24.0 Å². The molecule has 0 aromatic carbocycles. The van der Waals surface area contributed by atoms with Crippen molar-refractivity contribution in [1.82, 2.24) is 0 Å². The number of ketones is 1. The topological polar surface area (TPSA) is 99.1 Å². The van der Waals surface area contributed by atoms with Gasteiger partial charge in [0.2, 0.25) is 11.5 Å². The lowest BCUT2D eigenvalue weighted by Crippen LogP contribution is -2.28. The van der Waals surface area contributed by atoms with E-state index in [9.17, 15) is 18.0 Å². The Morgan fingerprint density at radius 1 is 1.42 bits per heavy atom. The summed E-state index contributed by atoms with van der Waals surface area (Å²) in [6, 6.07) is 0. The van der Waals surface area contributed by atoms with E-state index >= 15 is 0 Å². The van der Waals surface area contributed by atoms with Crippen LogP contribution in [-0.2, 0) is 29.0 Å². The molecular formula is C10H14ClNO6S. The lowest BCUT2D eigenvalue weighted by molar-refractivity contribution is -0.136. The first-order chi connectivity index (χ1) is 8.89. The van der Waals surface area contributed by atoms with Gasteiger partial charge in [-0.25, -0.2) is 13.2 Å². The highest BCUT2D eigenvalue weighted by Gasteiger charge is 2.30. The first-order valence-electron chi connectivity index (χ1n) is 5.60. The highest BCUT2D eigenvalue weighted by Crippen LogP contribution is 2.15. The third-order valence-electron chi connectivity index (χ3n) is 2.34. The van der Waals surface area contributed by atoms with Gasteiger partial charge in [-0.2, -0.15) is 0 Å². The summed E-state index contributed by atoms with van der Waals surface area (Å²) in [6.45, 7) is 1.65. The minimum Gasteiger partial charge on any atom is -0.461 e. The molecule has 7 nitrogen and oxygen atoms in total. The number of hydrogen-bond acceptors (Lipinski definition) is 7. The molecule has 0 spiro atoms. The van der Waals surface area contributed by atoms with Crippen LogP contribution >= 0.6 is 11.6 Å². The van der Waals surface area contributed by atoms with Crippen LogP contribution < -0.4 is 0 Å². The molecular weight excluding hydrogens is 298 g/mol. The highest BCUT2D eigenvalue weighted by molar-refractivity contribution is 7.91. The summed E-state index contributed by atoms with van der Waals surface area (Å²) in [6.07, 6.45) is -0.380. The van der Waals surface area contributed by atoms with Crippen molar-refractivity contribution in [1.29, 1.82) is 0 Å². The number of alkyl halides is 1. The van der Waals surface area contributed by atoms with E-state index in [1.54, 1.807) is 6.92 Å². The fraction of sp³-hybridized carbons (Fsp3) is 0.700. The molecule has 0 bridgehead atoms. The fourth-order valence-electron chi connectivity index (χ4n) is 1.44. The largest absolute Gasteiger partial charge is 0.461 e. The van der Waals surface area contributed by atoms with Crippen molar-refractivity contribution in [3.05, 3.63) is 0 Å². The molecule has 0 saturated carbocycles. The maximum atomic E-state index is 11.4. The quantitative estimate of drug-likeness (QED) is 0.224. The number of hydrogen-bond donors (Lipinski definition) is 0. The predicted molar refractivity (Wildman–Crippen MR) is 67.9 cm³/mol. The van der Waals surface area contributed by atoms with Gasteiger partial charge in [-0.1, -0.05) is 5.16 Å². The van der Waals surface area contributed by atoms with Gasteiger partial charge in [-0.3, -0.25) is 4.79 Å². The van der Waals surface area contributed by atoms with Gasteiger partial charge < -0.3 is 9.57 Å². The smallest absolute Gasteiger partial charge is 0.364 e. The number of rotatable bonds is 6. The summed E-state index contributed by atoms with van der Waals surface area (Å²) in [4.78, 5) is 27.8. The molecule has 1 rings (SSSR count). The minimum absolute atomic E-state index is 0.00534. The molecule has 1 atom stereocenters. The van der Waals surface area contributed by atoms with Crippen LogP contribution in [0.2, 0.25) is 0 Å². The van der Waals surface area contributed by atoms with Gasteiger partial charge in [0.15, 0.2) is 9.84 Å². The van der Waals surface area contributed by atoms with Crippen LogP contribution in [0.3, 0.4) is 0 Å². The average Bonchev–Trinajstić information content (AvgIpc) is 2.69. The van der Waals surface area contributed by atoms with E-state index in [1.807, 2.05) is 0 Å². The zero-order valence-corrected chi connectivity index (χ0v) is 11.9. The molecule has 108 valence electrons. The number of Topliss-reactive ketones (excluding diaryl/α,β-unsaturated/α-hetero) is 1. The second-order valence-corrected chi connectivity index (χ2v) is 6.34. The number of nitrogens with zero attached hydrogens (tertiary/aromatic N) is 1. The molecule has 9 heteroatoms. The van der Waals surface area contributed by atoms with Crippen molar-refractivity contribution in [2.75, 3.05) is 24.0 Å². The van der Waals surface area contributed by atoms with Crippen LogP contribution in [0.25, 0.3) is 0 Å². The molecule has 1 fully saturated rings. The van der Waals surface area contributed by atoms with Gasteiger partial charge in [0.25, 0.3) is 0 Å². The molecule has 0 aromatic rings. The third kappa shape index (κ3) is 4.79. The van der Waals surface area contributed by atoms with Gasteiger partial charge >= 0.3 is 5.97 Å². The second-order valence-electron chi connectivity index (χ2n) is 3.85. The molecule has 19 heavy (non-hydrogen) atoms. The number of ether oxygens (including phenoxy) is 1. The van der Waals surface area contributed by atoms with Crippen molar-refractivity contribution in [2.45, 2.75) is 19.4 Å². The SMILES string of the molecule is CCOC(=O)/C(=N\OC1CCS(=O)(=O)C1)C(=O)CCl. The number of carbonyl (C=O) groups excluding carboxylic acids is 2. The van der Waals surface area contributed by atoms with Crippen molar-refractivity contribution in [3.63, 3.8) is 0 Å². The third-order valence-corrected chi connectivity index (χ3v) is 4.32. The van der Waals surface area contributed by atoms with Gasteiger partial charge in [-0.15, -0.1) is 11.6 Å². The van der Waals surface area contributed by atoms with Gasteiger partial charge in [-0.05, 0) is 6.92 Å². The van der Waals surface area contributed by atoms with Crippen LogP contribution in [0.1, 0.15) is 13.3 Å². The summed E-state index contributed by atoms with van der Waals surface area (Å²) < 4.78 is 27.0. The lowest BCUT2D eigenvalue weighted by atomic mass is 10.3. The Kier molecular flexibility index (Phi) is 5.74. The Morgan fingerprint density at radius 2 is 2.11 bits per heavy atom. The molecule has 1 saturated heterocycles. The van der Waals surface area contributed by atoms with Crippen molar-refractivity contribution in [2.24, 2.45) is 5.16 Å². The Labute approximate surface area is 115 Å². The molecule has 0 amide bonds. The Balaban J connectivity index is 2.73. The van der Waals surface area contributed by atoms with E-state index in [-0.39, 0.29) is 24.5 Å². The fourth-order valence-corrected chi connectivity index (χ4v) is 3.15. The maximum absolute atomic E-state index is 11.4. The van der Waals surface area contributed by atoms with Gasteiger partial charge in [0, 0.05) is 6.42 Å². The van der Waals surface area contributed by atoms with Crippen molar-refractivity contribution in [3.8, 4) is 0 Å². The highest BCUT2D eigenvalue weighted by atomic mass is 35.5. The lowest BCUT2D eigenvalue weighted by Gasteiger charge is -2.07. The first-order valence-corrected chi connectivity index (χ1v) is 7.95. The number of carbonyl (C=O) groups is 2. The maximum Gasteiger partial charge on any atom is 0.364 e. The number of esters is 1. The summed E-state index contributed by atoms with van der Waals surface area (Å²) >= 11 is 5.34. The van der Waals surface area contributed by atoms with E-state index in [0.29, 0.717) is 0 Å². The van der Waals surface area contributed by atoms with Crippen molar-refractivity contribution >= 4 is 38.9 Å². The van der Waals surface area contributed by atoms with Crippen LogP contribution in [0.5, 0.6) is 0 Å². The number of sulfone groups is 1. The molecule has 1 unspecified atom stereocenters. The molecule has 0 aliphatic carbocycles. The Morgan fingerprint density at radius 3 is 2.58 bits per heavy atom. The summed E-state index contributed by atoms with van der Waals surface area (Å²) in [7, 11) is -3.12. The Bertz CT molecular complexity index is 486. The van der Waals surface area contributed by atoms with E-state index in [4.69, 9.17) is 16.4 Å². The molecule has 0 radical (unpaired) electrons.